The molecule has 22 heavy (non-hydrogen) atoms. The molecule has 116 valence electrons. The van der Waals surface area contributed by atoms with Gasteiger partial charge in [-0.3, -0.25) is 9.59 Å². The molecule has 7 nitrogen and oxygen atoms in total. The second-order valence-corrected chi connectivity index (χ2v) is 4.35. The lowest BCUT2D eigenvalue weighted by molar-refractivity contribution is -0.139. The highest BCUT2D eigenvalue weighted by molar-refractivity contribution is 5.92. The van der Waals surface area contributed by atoms with E-state index in [4.69, 9.17) is 9.15 Å². The third-order valence-electron chi connectivity index (χ3n) is 3.11. The number of carbonyl (C=O) groups is 2. The van der Waals surface area contributed by atoms with E-state index in [9.17, 15) is 14.4 Å². The number of ether oxygens (including phenoxy) is 3. The van der Waals surface area contributed by atoms with Gasteiger partial charge in [0.2, 0.25) is 5.76 Å². The van der Waals surface area contributed by atoms with Crippen LogP contribution in [-0.2, 0) is 20.7 Å². The molecule has 1 aromatic heterocycles. The van der Waals surface area contributed by atoms with Crippen molar-refractivity contribution in [3.63, 3.8) is 0 Å². The lowest BCUT2D eigenvalue weighted by Gasteiger charge is -2.08. The molecule has 0 aliphatic rings. The number of benzene rings is 1. The standard InChI is InChI=1S/C15H14O7/c1-19-8-4-5-9-11(6-8)22-14(15(18)21-3)10(13(9)17)7-12(16)20-2/h4-6H,7H2,1-3H3. The third-order valence-corrected chi connectivity index (χ3v) is 3.11. The van der Waals surface area contributed by atoms with Gasteiger partial charge in [-0.2, -0.15) is 0 Å². The van der Waals surface area contributed by atoms with E-state index < -0.39 is 17.4 Å². The van der Waals surface area contributed by atoms with Crippen molar-refractivity contribution in [1.82, 2.24) is 0 Å². The first kappa shape index (κ1) is 15.6. The largest absolute Gasteiger partial charge is 0.497 e. The second-order valence-electron chi connectivity index (χ2n) is 4.35. The van der Waals surface area contributed by atoms with Gasteiger partial charge < -0.3 is 18.6 Å². The zero-order valence-electron chi connectivity index (χ0n) is 12.3. The van der Waals surface area contributed by atoms with Gasteiger partial charge in [0.25, 0.3) is 0 Å². The van der Waals surface area contributed by atoms with Crippen molar-refractivity contribution in [1.29, 1.82) is 0 Å². The van der Waals surface area contributed by atoms with Crippen molar-refractivity contribution in [3.05, 3.63) is 39.7 Å². The normalized spacial score (nSPS) is 10.3. The van der Waals surface area contributed by atoms with Crippen molar-refractivity contribution < 1.29 is 28.2 Å². The minimum atomic E-state index is -0.847. The number of fused-ring (bicyclic) bond motifs is 1. The molecular formula is C15H14O7. The topological polar surface area (TPSA) is 92.0 Å². The highest BCUT2D eigenvalue weighted by atomic mass is 16.5. The van der Waals surface area contributed by atoms with E-state index in [1.54, 1.807) is 6.07 Å². The molecule has 0 unspecified atom stereocenters. The van der Waals surface area contributed by atoms with Crippen LogP contribution in [0.1, 0.15) is 16.1 Å². The Bertz CT molecular complexity index is 788. The van der Waals surface area contributed by atoms with Crippen molar-refractivity contribution in [2.24, 2.45) is 0 Å². The molecule has 1 heterocycles. The zero-order valence-corrected chi connectivity index (χ0v) is 12.3. The fraction of sp³-hybridized carbons (Fsp3) is 0.267. The first-order valence-electron chi connectivity index (χ1n) is 6.30. The molecule has 0 amide bonds. The summed E-state index contributed by atoms with van der Waals surface area (Å²) in [6.07, 6.45) is -0.384. The molecule has 0 saturated carbocycles. The number of esters is 2. The lowest BCUT2D eigenvalue weighted by Crippen LogP contribution is -2.20. The van der Waals surface area contributed by atoms with Crippen molar-refractivity contribution in [2.75, 3.05) is 21.3 Å². The minimum absolute atomic E-state index is 0.101. The zero-order chi connectivity index (χ0) is 16.3. The average Bonchev–Trinajstić information content (AvgIpc) is 2.55. The van der Waals surface area contributed by atoms with Gasteiger partial charge in [-0.15, -0.1) is 0 Å². The molecule has 0 radical (unpaired) electrons. The number of hydrogen-bond donors (Lipinski definition) is 0. The van der Waals surface area contributed by atoms with Crippen LogP contribution in [0.3, 0.4) is 0 Å². The summed E-state index contributed by atoms with van der Waals surface area (Å²) < 4.78 is 19.6. The van der Waals surface area contributed by atoms with Crippen LogP contribution in [0, 0.1) is 0 Å². The maximum Gasteiger partial charge on any atom is 0.374 e. The van der Waals surface area contributed by atoms with E-state index in [2.05, 4.69) is 9.47 Å². The Hall–Kier alpha value is -2.83. The first-order chi connectivity index (χ1) is 10.5. The number of hydrogen-bond acceptors (Lipinski definition) is 7. The smallest absolute Gasteiger partial charge is 0.374 e. The van der Waals surface area contributed by atoms with Crippen LogP contribution in [0.15, 0.2) is 27.4 Å². The summed E-state index contributed by atoms with van der Waals surface area (Å²) in [5, 5.41) is 0.229. The van der Waals surface area contributed by atoms with Crippen molar-refractivity contribution in [2.45, 2.75) is 6.42 Å². The first-order valence-corrected chi connectivity index (χ1v) is 6.30. The summed E-state index contributed by atoms with van der Waals surface area (Å²) in [4.78, 5) is 35.8. The van der Waals surface area contributed by atoms with Crippen LogP contribution in [0.25, 0.3) is 11.0 Å². The number of carbonyl (C=O) groups excluding carboxylic acids is 2. The monoisotopic (exact) mass is 306 g/mol. The minimum Gasteiger partial charge on any atom is -0.497 e. The summed E-state index contributed by atoms with van der Waals surface area (Å²) in [6.45, 7) is 0. The van der Waals surface area contributed by atoms with Gasteiger partial charge in [0, 0.05) is 6.07 Å². The van der Waals surface area contributed by atoms with E-state index in [0.717, 1.165) is 7.11 Å². The van der Waals surface area contributed by atoms with Gasteiger partial charge >= 0.3 is 11.9 Å². The van der Waals surface area contributed by atoms with Gasteiger partial charge in [-0.25, -0.2) is 4.79 Å². The predicted octanol–water partition coefficient (Wildman–Crippen LogP) is 1.30. The number of rotatable bonds is 4. The molecule has 1 aromatic carbocycles. The summed E-state index contributed by atoms with van der Waals surface area (Å²) >= 11 is 0. The molecule has 0 saturated heterocycles. The number of methoxy groups -OCH3 is 3. The quantitative estimate of drug-likeness (QED) is 0.786. The maximum atomic E-state index is 12.5. The molecule has 2 aromatic rings. The molecule has 0 aliphatic heterocycles. The summed E-state index contributed by atoms with van der Waals surface area (Å²) in [7, 11) is 3.81. The molecule has 0 bridgehead atoms. The maximum absolute atomic E-state index is 12.5. The Balaban J connectivity index is 2.74. The Morgan fingerprint density at radius 2 is 1.86 bits per heavy atom. The van der Waals surface area contributed by atoms with Crippen LogP contribution in [-0.4, -0.2) is 33.3 Å². The average molecular weight is 306 g/mol. The van der Waals surface area contributed by atoms with E-state index >= 15 is 0 Å². The van der Waals surface area contributed by atoms with E-state index in [1.807, 2.05) is 0 Å². The van der Waals surface area contributed by atoms with Crippen LogP contribution in [0.4, 0.5) is 0 Å². The Labute approximate surface area is 125 Å². The molecular weight excluding hydrogens is 292 g/mol. The van der Waals surface area contributed by atoms with E-state index in [1.165, 1.54) is 26.4 Å². The van der Waals surface area contributed by atoms with Gasteiger partial charge in [0.05, 0.1) is 38.7 Å². The fourth-order valence-corrected chi connectivity index (χ4v) is 1.97. The lowest BCUT2D eigenvalue weighted by atomic mass is 10.1. The van der Waals surface area contributed by atoms with Gasteiger partial charge in [-0.05, 0) is 12.1 Å². The molecule has 2 rings (SSSR count). The van der Waals surface area contributed by atoms with Gasteiger partial charge in [-0.1, -0.05) is 0 Å². The van der Waals surface area contributed by atoms with Crippen LogP contribution in [0.2, 0.25) is 0 Å². The summed E-state index contributed by atoms with van der Waals surface area (Å²) in [5.74, 6) is -1.36. The van der Waals surface area contributed by atoms with Crippen molar-refractivity contribution >= 4 is 22.9 Å². The molecule has 0 aliphatic carbocycles. The summed E-state index contributed by atoms with van der Waals surface area (Å²) in [6, 6.07) is 4.56. The van der Waals surface area contributed by atoms with E-state index in [0.29, 0.717) is 5.75 Å². The Morgan fingerprint density at radius 1 is 1.14 bits per heavy atom. The Morgan fingerprint density at radius 3 is 2.45 bits per heavy atom. The molecule has 0 atom stereocenters. The van der Waals surface area contributed by atoms with Gasteiger partial charge in [0.1, 0.15) is 11.3 Å². The molecule has 0 fully saturated rings. The molecule has 0 spiro atoms. The summed E-state index contributed by atoms with van der Waals surface area (Å²) in [5.41, 5.74) is -0.426. The fourth-order valence-electron chi connectivity index (χ4n) is 1.97. The second kappa shape index (κ2) is 6.30. The SMILES string of the molecule is COC(=O)Cc1c(C(=O)OC)oc2cc(OC)ccc2c1=O. The van der Waals surface area contributed by atoms with Crippen LogP contribution in [0.5, 0.6) is 5.75 Å². The van der Waals surface area contributed by atoms with E-state index in [-0.39, 0.29) is 28.7 Å². The molecule has 0 N–H and O–H groups in total. The highest BCUT2D eigenvalue weighted by Crippen LogP contribution is 2.22. The third kappa shape index (κ3) is 2.78. The highest BCUT2D eigenvalue weighted by Gasteiger charge is 2.23. The Kier molecular flexibility index (Phi) is 4.45. The van der Waals surface area contributed by atoms with Crippen LogP contribution < -0.4 is 10.2 Å². The van der Waals surface area contributed by atoms with Gasteiger partial charge in [0.15, 0.2) is 5.43 Å². The van der Waals surface area contributed by atoms with Crippen LogP contribution >= 0.6 is 0 Å². The van der Waals surface area contributed by atoms with Crippen molar-refractivity contribution in [3.8, 4) is 5.75 Å². The predicted molar refractivity (Wildman–Crippen MR) is 76.1 cm³/mol. The molecule has 7 heteroatoms.